The number of carbonyl (C=O) groups excluding carboxylic acids is 1. The van der Waals surface area contributed by atoms with E-state index >= 15 is 0 Å². The second-order valence-corrected chi connectivity index (χ2v) is 6.32. The van der Waals surface area contributed by atoms with E-state index < -0.39 is 12.0 Å². The van der Waals surface area contributed by atoms with E-state index in [1.807, 2.05) is 0 Å². The maximum Gasteiger partial charge on any atom is 0.326 e. The van der Waals surface area contributed by atoms with Gasteiger partial charge in [0.05, 0.1) is 6.10 Å². The minimum absolute atomic E-state index is 0.114. The molecule has 3 rings (SSSR count). The summed E-state index contributed by atoms with van der Waals surface area (Å²) in [7, 11) is 0. The normalized spacial score (nSPS) is 23.9. The van der Waals surface area contributed by atoms with Crippen molar-refractivity contribution in [2.24, 2.45) is 0 Å². The highest BCUT2D eigenvalue weighted by Crippen LogP contribution is 2.22. The lowest BCUT2D eigenvalue weighted by molar-refractivity contribution is -0.143. The van der Waals surface area contributed by atoms with Crippen molar-refractivity contribution in [3.8, 4) is 5.75 Å². The smallest absolute Gasteiger partial charge is 0.326 e. The number of likely N-dealkylation sites (tertiary alicyclic amines) is 1. The summed E-state index contributed by atoms with van der Waals surface area (Å²) >= 11 is 0. The first-order valence-electron chi connectivity index (χ1n) is 8.53. The molecule has 0 spiro atoms. The van der Waals surface area contributed by atoms with Gasteiger partial charge in [-0.1, -0.05) is 6.07 Å². The highest BCUT2D eigenvalue weighted by atomic mass is 16.5. The molecule has 2 aliphatic rings. The number of carbonyl (C=O) groups is 2. The molecular formula is C18H23NO5. The first-order valence-corrected chi connectivity index (χ1v) is 8.53. The first kappa shape index (κ1) is 16.8. The monoisotopic (exact) mass is 333 g/mol. The summed E-state index contributed by atoms with van der Waals surface area (Å²) < 4.78 is 11.3. The summed E-state index contributed by atoms with van der Waals surface area (Å²) in [5, 5.41) is 9.33. The number of ether oxygens (including phenoxy) is 2. The molecule has 2 saturated heterocycles. The second-order valence-electron chi connectivity index (χ2n) is 6.32. The molecule has 0 unspecified atom stereocenters. The number of piperidine rings is 1. The lowest BCUT2D eigenvalue weighted by atomic mass is 10.0. The third-order valence-corrected chi connectivity index (χ3v) is 4.59. The van der Waals surface area contributed by atoms with Gasteiger partial charge in [-0.3, -0.25) is 4.79 Å². The van der Waals surface area contributed by atoms with Gasteiger partial charge in [-0.15, -0.1) is 0 Å². The number of hydrogen-bond donors (Lipinski definition) is 1. The zero-order valence-corrected chi connectivity index (χ0v) is 13.6. The molecule has 6 heteroatoms. The SMILES string of the molecule is O=C(O)[C@H]1CCCCN1C(=O)c1cccc(OC[C@H]2CCCO2)c1. The first-order chi connectivity index (χ1) is 11.6. The Hall–Kier alpha value is -2.08. The molecule has 1 amide bonds. The van der Waals surface area contributed by atoms with Gasteiger partial charge in [0.1, 0.15) is 18.4 Å². The fourth-order valence-corrected chi connectivity index (χ4v) is 3.28. The average Bonchev–Trinajstić information content (AvgIpc) is 3.13. The Labute approximate surface area is 141 Å². The molecule has 2 aliphatic heterocycles. The molecule has 130 valence electrons. The third-order valence-electron chi connectivity index (χ3n) is 4.59. The van der Waals surface area contributed by atoms with Crippen LogP contribution in [-0.2, 0) is 9.53 Å². The molecule has 1 aromatic carbocycles. The fourth-order valence-electron chi connectivity index (χ4n) is 3.28. The quantitative estimate of drug-likeness (QED) is 0.895. The molecular weight excluding hydrogens is 310 g/mol. The van der Waals surface area contributed by atoms with Gasteiger partial charge in [-0.25, -0.2) is 4.79 Å². The van der Waals surface area contributed by atoms with Crippen molar-refractivity contribution in [2.75, 3.05) is 19.8 Å². The van der Waals surface area contributed by atoms with E-state index in [2.05, 4.69) is 0 Å². The summed E-state index contributed by atoms with van der Waals surface area (Å²) in [6.45, 7) is 1.73. The van der Waals surface area contributed by atoms with Gasteiger partial charge in [-0.05, 0) is 50.3 Å². The van der Waals surface area contributed by atoms with Crippen LogP contribution in [0.15, 0.2) is 24.3 Å². The topological polar surface area (TPSA) is 76.1 Å². The number of amides is 1. The van der Waals surface area contributed by atoms with Crippen molar-refractivity contribution in [1.82, 2.24) is 4.90 Å². The van der Waals surface area contributed by atoms with E-state index in [1.54, 1.807) is 24.3 Å². The maximum absolute atomic E-state index is 12.7. The van der Waals surface area contributed by atoms with Gasteiger partial charge in [0, 0.05) is 18.7 Å². The molecule has 0 aromatic heterocycles. The number of carboxylic acids is 1. The van der Waals surface area contributed by atoms with Crippen LogP contribution in [0, 0.1) is 0 Å². The number of hydrogen-bond acceptors (Lipinski definition) is 4. The summed E-state index contributed by atoms with van der Waals surface area (Å²) in [6, 6.07) is 6.22. The van der Waals surface area contributed by atoms with Crippen LogP contribution in [0.4, 0.5) is 0 Å². The number of carboxylic acid groups (broad SMARTS) is 1. The fraction of sp³-hybridized carbons (Fsp3) is 0.556. The van der Waals surface area contributed by atoms with Crippen LogP contribution >= 0.6 is 0 Å². The molecule has 0 aliphatic carbocycles. The van der Waals surface area contributed by atoms with Crippen LogP contribution in [0.2, 0.25) is 0 Å². The Balaban J connectivity index is 1.67. The molecule has 6 nitrogen and oxygen atoms in total. The molecule has 2 heterocycles. The van der Waals surface area contributed by atoms with Crippen LogP contribution in [0.3, 0.4) is 0 Å². The van der Waals surface area contributed by atoms with E-state index in [9.17, 15) is 14.7 Å². The molecule has 2 atom stereocenters. The van der Waals surface area contributed by atoms with Crippen molar-refractivity contribution in [2.45, 2.75) is 44.2 Å². The van der Waals surface area contributed by atoms with Gasteiger partial charge in [0.2, 0.25) is 0 Å². The average molecular weight is 333 g/mol. The van der Waals surface area contributed by atoms with Crippen LogP contribution in [0.25, 0.3) is 0 Å². The Morgan fingerprint density at radius 3 is 2.88 bits per heavy atom. The van der Waals surface area contributed by atoms with Gasteiger partial charge >= 0.3 is 5.97 Å². The molecule has 24 heavy (non-hydrogen) atoms. The summed E-state index contributed by atoms with van der Waals surface area (Å²) in [5.41, 5.74) is 0.466. The standard InChI is InChI=1S/C18H23NO5/c20-17(19-9-2-1-8-16(19)18(21)22)13-5-3-6-14(11-13)24-12-15-7-4-10-23-15/h3,5-6,11,15-16H,1-2,4,7-10,12H2,(H,21,22)/t15-,16-/m1/s1. The van der Waals surface area contributed by atoms with E-state index in [1.165, 1.54) is 4.90 Å². The van der Waals surface area contributed by atoms with Crippen molar-refractivity contribution < 1.29 is 24.2 Å². The lowest BCUT2D eigenvalue weighted by Gasteiger charge is -2.33. The van der Waals surface area contributed by atoms with E-state index in [0.29, 0.717) is 30.9 Å². The minimum Gasteiger partial charge on any atom is -0.491 e. The van der Waals surface area contributed by atoms with Crippen LogP contribution < -0.4 is 4.74 Å². The van der Waals surface area contributed by atoms with Gasteiger partial charge in [0.15, 0.2) is 0 Å². The second kappa shape index (κ2) is 7.66. The van der Waals surface area contributed by atoms with E-state index in [0.717, 1.165) is 32.3 Å². The van der Waals surface area contributed by atoms with Crippen LogP contribution in [0.5, 0.6) is 5.75 Å². The molecule has 0 radical (unpaired) electrons. The summed E-state index contributed by atoms with van der Waals surface area (Å²) in [5.74, 6) is -0.571. The Bertz CT molecular complexity index is 597. The predicted molar refractivity (Wildman–Crippen MR) is 87.2 cm³/mol. The Morgan fingerprint density at radius 2 is 2.12 bits per heavy atom. The summed E-state index contributed by atoms with van der Waals surface area (Å²) in [6.07, 6.45) is 4.35. The van der Waals surface area contributed by atoms with Crippen molar-refractivity contribution >= 4 is 11.9 Å². The van der Waals surface area contributed by atoms with E-state index in [4.69, 9.17) is 9.47 Å². The predicted octanol–water partition coefficient (Wildman–Crippen LogP) is 2.32. The highest BCUT2D eigenvalue weighted by Gasteiger charge is 2.32. The van der Waals surface area contributed by atoms with Crippen molar-refractivity contribution in [3.63, 3.8) is 0 Å². The minimum atomic E-state index is -0.936. The Morgan fingerprint density at radius 1 is 1.25 bits per heavy atom. The molecule has 1 N–H and O–H groups in total. The largest absolute Gasteiger partial charge is 0.491 e. The van der Waals surface area contributed by atoms with Crippen molar-refractivity contribution in [1.29, 1.82) is 0 Å². The highest BCUT2D eigenvalue weighted by molar-refractivity contribution is 5.97. The third kappa shape index (κ3) is 3.87. The molecule has 2 fully saturated rings. The zero-order valence-electron chi connectivity index (χ0n) is 13.6. The van der Waals surface area contributed by atoms with Gasteiger partial charge in [-0.2, -0.15) is 0 Å². The van der Waals surface area contributed by atoms with Crippen molar-refractivity contribution in [3.05, 3.63) is 29.8 Å². The number of nitrogens with zero attached hydrogens (tertiary/aromatic N) is 1. The Kier molecular flexibility index (Phi) is 5.35. The molecule has 0 bridgehead atoms. The zero-order chi connectivity index (χ0) is 16.9. The van der Waals surface area contributed by atoms with Gasteiger partial charge < -0.3 is 19.5 Å². The van der Waals surface area contributed by atoms with E-state index in [-0.39, 0.29) is 12.0 Å². The molecule has 0 saturated carbocycles. The lowest BCUT2D eigenvalue weighted by Crippen LogP contribution is -2.47. The number of rotatable bonds is 5. The summed E-state index contributed by atoms with van der Waals surface area (Å²) in [4.78, 5) is 25.6. The van der Waals surface area contributed by atoms with Gasteiger partial charge in [0.25, 0.3) is 5.91 Å². The number of benzene rings is 1. The molecule has 1 aromatic rings. The maximum atomic E-state index is 12.7. The number of aliphatic carboxylic acids is 1. The van der Waals surface area contributed by atoms with Crippen LogP contribution in [-0.4, -0.2) is 53.8 Å². The van der Waals surface area contributed by atoms with Crippen LogP contribution in [0.1, 0.15) is 42.5 Å².